The summed E-state index contributed by atoms with van der Waals surface area (Å²) >= 11 is 0. The van der Waals surface area contributed by atoms with E-state index in [4.69, 9.17) is 5.11 Å². The molecule has 0 bridgehead atoms. The minimum Gasteiger partial charge on any atom is -0.478 e. The van der Waals surface area contributed by atoms with E-state index in [1.807, 2.05) is 0 Å². The summed E-state index contributed by atoms with van der Waals surface area (Å²) in [7, 11) is 0. The lowest BCUT2D eigenvalue weighted by atomic mass is 9.80. The van der Waals surface area contributed by atoms with E-state index in [-0.39, 0.29) is 5.56 Å². The Labute approximate surface area is 107 Å². The van der Waals surface area contributed by atoms with Gasteiger partial charge in [0, 0.05) is 18.4 Å². The lowest BCUT2D eigenvalue weighted by Crippen LogP contribution is -2.30. The summed E-state index contributed by atoms with van der Waals surface area (Å²) in [5.41, 5.74) is 0.937. The van der Waals surface area contributed by atoms with Crippen LogP contribution >= 0.6 is 0 Å². The Morgan fingerprint density at radius 3 is 2.61 bits per heavy atom. The first-order valence-corrected chi connectivity index (χ1v) is 6.50. The van der Waals surface area contributed by atoms with Crippen molar-refractivity contribution >= 4 is 11.7 Å². The van der Waals surface area contributed by atoms with Crippen LogP contribution in [0.2, 0.25) is 0 Å². The Morgan fingerprint density at radius 1 is 1.33 bits per heavy atom. The molecule has 18 heavy (non-hydrogen) atoms. The van der Waals surface area contributed by atoms with Gasteiger partial charge in [0.1, 0.15) is 5.56 Å². The second-order valence-electron chi connectivity index (χ2n) is 5.49. The van der Waals surface area contributed by atoms with E-state index >= 15 is 0 Å². The molecule has 4 heteroatoms. The topological polar surface area (TPSA) is 62.2 Å². The number of carboxylic acids is 1. The third kappa shape index (κ3) is 3.00. The normalized spacial score (nSPS) is 27.8. The maximum atomic E-state index is 11.1. The zero-order chi connectivity index (χ0) is 13.1. The molecule has 2 atom stereocenters. The van der Waals surface area contributed by atoms with Gasteiger partial charge in [-0.15, -0.1) is 0 Å². The van der Waals surface area contributed by atoms with Crippen molar-refractivity contribution in [2.24, 2.45) is 11.8 Å². The highest BCUT2D eigenvalue weighted by molar-refractivity contribution is 5.93. The van der Waals surface area contributed by atoms with Crippen LogP contribution in [0.3, 0.4) is 0 Å². The lowest BCUT2D eigenvalue weighted by molar-refractivity contribution is 0.0697. The number of hydrogen-bond acceptors (Lipinski definition) is 3. The van der Waals surface area contributed by atoms with Gasteiger partial charge < -0.3 is 10.4 Å². The molecule has 2 N–H and O–H groups in total. The molecule has 1 heterocycles. The van der Waals surface area contributed by atoms with Gasteiger partial charge in [-0.25, -0.2) is 4.79 Å². The maximum absolute atomic E-state index is 11.1. The fourth-order valence-electron chi connectivity index (χ4n) is 2.98. The number of carbonyl (C=O) groups is 1. The smallest absolute Gasteiger partial charge is 0.339 e. The van der Waals surface area contributed by atoms with Crippen LogP contribution in [0.4, 0.5) is 5.69 Å². The molecule has 0 aliphatic heterocycles. The molecule has 4 nitrogen and oxygen atoms in total. The quantitative estimate of drug-likeness (QED) is 0.863. The van der Waals surface area contributed by atoms with E-state index in [2.05, 4.69) is 24.1 Å². The maximum Gasteiger partial charge on any atom is 0.339 e. The van der Waals surface area contributed by atoms with Crippen molar-refractivity contribution < 1.29 is 9.90 Å². The SMILES string of the molecule is CC1CC(C)CC(Nc2ccncc2C(=O)O)C1. The Bertz CT molecular complexity index is 424. The lowest BCUT2D eigenvalue weighted by Gasteiger charge is -2.32. The Balaban J connectivity index is 2.11. The van der Waals surface area contributed by atoms with Gasteiger partial charge in [0.15, 0.2) is 0 Å². The molecule has 1 saturated carbocycles. The third-order valence-electron chi connectivity index (χ3n) is 3.59. The van der Waals surface area contributed by atoms with Crippen molar-refractivity contribution in [1.82, 2.24) is 4.98 Å². The van der Waals surface area contributed by atoms with Crippen LogP contribution in [0.25, 0.3) is 0 Å². The minimum atomic E-state index is -0.928. The summed E-state index contributed by atoms with van der Waals surface area (Å²) < 4.78 is 0. The van der Waals surface area contributed by atoms with Gasteiger partial charge in [-0.3, -0.25) is 4.98 Å². The van der Waals surface area contributed by atoms with E-state index in [0.717, 1.165) is 12.8 Å². The number of aromatic carboxylic acids is 1. The molecule has 0 spiro atoms. The number of nitrogens with one attached hydrogen (secondary N) is 1. The predicted octanol–water partition coefficient (Wildman–Crippen LogP) is 3.02. The van der Waals surface area contributed by atoms with Crippen molar-refractivity contribution in [3.05, 3.63) is 24.0 Å². The molecule has 2 rings (SSSR count). The summed E-state index contributed by atoms with van der Waals surface area (Å²) in [5.74, 6) is 0.463. The van der Waals surface area contributed by atoms with Gasteiger partial charge in [0.2, 0.25) is 0 Å². The minimum absolute atomic E-state index is 0.253. The highest BCUT2D eigenvalue weighted by Gasteiger charge is 2.24. The predicted molar refractivity (Wildman–Crippen MR) is 70.8 cm³/mol. The summed E-state index contributed by atoms with van der Waals surface area (Å²) in [6.07, 6.45) is 6.50. The fraction of sp³-hybridized carbons (Fsp3) is 0.571. The summed E-state index contributed by atoms with van der Waals surface area (Å²) in [4.78, 5) is 15.0. The molecule has 1 aliphatic rings. The Kier molecular flexibility index (Phi) is 3.84. The van der Waals surface area contributed by atoms with Gasteiger partial charge in [-0.2, -0.15) is 0 Å². The average molecular weight is 248 g/mol. The van der Waals surface area contributed by atoms with E-state index in [9.17, 15) is 4.79 Å². The number of rotatable bonds is 3. The van der Waals surface area contributed by atoms with Crippen LogP contribution in [0.15, 0.2) is 18.5 Å². The molecule has 0 saturated heterocycles. The molecule has 1 aliphatic carbocycles. The number of hydrogen-bond donors (Lipinski definition) is 2. The second-order valence-corrected chi connectivity index (χ2v) is 5.49. The Morgan fingerprint density at radius 2 is 2.00 bits per heavy atom. The van der Waals surface area contributed by atoms with Gasteiger partial charge >= 0.3 is 5.97 Å². The highest BCUT2D eigenvalue weighted by atomic mass is 16.4. The summed E-state index contributed by atoms with van der Waals surface area (Å²) in [6.45, 7) is 4.52. The monoisotopic (exact) mass is 248 g/mol. The molecular formula is C14H20N2O2. The zero-order valence-corrected chi connectivity index (χ0v) is 10.9. The molecule has 1 fully saturated rings. The molecule has 2 unspecified atom stereocenters. The van der Waals surface area contributed by atoms with E-state index in [1.165, 1.54) is 12.6 Å². The molecule has 0 radical (unpaired) electrons. The number of pyridine rings is 1. The largest absolute Gasteiger partial charge is 0.478 e. The fourth-order valence-corrected chi connectivity index (χ4v) is 2.98. The van der Waals surface area contributed by atoms with Crippen molar-refractivity contribution in [2.45, 2.75) is 39.2 Å². The van der Waals surface area contributed by atoms with Crippen molar-refractivity contribution in [3.8, 4) is 0 Å². The standard InChI is InChI=1S/C14H20N2O2/c1-9-5-10(2)7-11(6-9)16-13-3-4-15-8-12(13)14(17)18/h3-4,8-11H,5-7H2,1-2H3,(H,15,16)(H,17,18). The van der Waals surface area contributed by atoms with Gasteiger partial charge in [0.05, 0.1) is 5.69 Å². The first kappa shape index (κ1) is 12.9. The summed E-state index contributed by atoms with van der Waals surface area (Å²) in [5, 5.41) is 12.5. The zero-order valence-electron chi connectivity index (χ0n) is 10.9. The van der Waals surface area contributed by atoms with Gasteiger partial charge in [-0.05, 0) is 37.2 Å². The van der Waals surface area contributed by atoms with Crippen LogP contribution in [-0.4, -0.2) is 22.1 Å². The Hall–Kier alpha value is -1.58. The van der Waals surface area contributed by atoms with Crippen LogP contribution in [0.5, 0.6) is 0 Å². The molecule has 1 aromatic rings. The van der Waals surface area contributed by atoms with E-state index in [1.54, 1.807) is 12.3 Å². The third-order valence-corrected chi connectivity index (χ3v) is 3.59. The van der Waals surface area contributed by atoms with E-state index < -0.39 is 5.97 Å². The van der Waals surface area contributed by atoms with Gasteiger partial charge in [-0.1, -0.05) is 13.8 Å². The van der Waals surface area contributed by atoms with Crippen LogP contribution in [-0.2, 0) is 0 Å². The second kappa shape index (κ2) is 5.38. The van der Waals surface area contributed by atoms with E-state index in [0.29, 0.717) is 23.6 Å². The molecular weight excluding hydrogens is 228 g/mol. The summed E-state index contributed by atoms with van der Waals surface area (Å²) in [6, 6.07) is 2.11. The van der Waals surface area contributed by atoms with Crippen molar-refractivity contribution in [2.75, 3.05) is 5.32 Å². The molecule has 1 aromatic heterocycles. The number of anilines is 1. The van der Waals surface area contributed by atoms with Crippen LogP contribution in [0, 0.1) is 11.8 Å². The number of carboxylic acid groups (broad SMARTS) is 1. The molecule has 0 aromatic carbocycles. The van der Waals surface area contributed by atoms with Crippen molar-refractivity contribution in [1.29, 1.82) is 0 Å². The average Bonchev–Trinajstić information content (AvgIpc) is 2.27. The molecule has 98 valence electrons. The first-order chi connectivity index (χ1) is 8.56. The number of nitrogens with zero attached hydrogens (tertiary/aromatic N) is 1. The first-order valence-electron chi connectivity index (χ1n) is 6.50. The van der Waals surface area contributed by atoms with Crippen LogP contribution < -0.4 is 5.32 Å². The van der Waals surface area contributed by atoms with Gasteiger partial charge in [0.25, 0.3) is 0 Å². The number of aromatic nitrogens is 1. The van der Waals surface area contributed by atoms with Crippen LogP contribution in [0.1, 0.15) is 43.5 Å². The molecule has 0 amide bonds. The highest BCUT2D eigenvalue weighted by Crippen LogP contribution is 2.31. The van der Waals surface area contributed by atoms with Crippen molar-refractivity contribution in [3.63, 3.8) is 0 Å².